The molecule has 5 atom stereocenters. The molecule has 3 rings (SSSR count). The fraction of sp³-hybridized carbons (Fsp3) is 0.600. The Hall–Kier alpha value is -2.23. The highest BCUT2D eigenvalue weighted by molar-refractivity contribution is 7.85. The minimum atomic E-state index is -4.49. The van der Waals surface area contributed by atoms with Crippen LogP contribution in [0.15, 0.2) is 18.9 Å². The van der Waals surface area contributed by atoms with Gasteiger partial charge in [0.05, 0.1) is 25.2 Å². The standard InChI is InChI=1S/C15H22N6O7S/c1-7(2)10(16)14(24)20-29(25,26)27-4-9-11(22)12(23)15(28-9)21-6-19-13-8(21)3-17-5-18-13/h3,5-7,9-12,15,22-23H,4,16H2,1-2H3,(H,20,24)/t9-,10-,11-,12-,15-/m1/s1. The van der Waals surface area contributed by atoms with Gasteiger partial charge in [-0.2, -0.15) is 8.42 Å². The Balaban J connectivity index is 1.66. The van der Waals surface area contributed by atoms with Gasteiger partial charge in [-0.15, -0.1) is 0 Å². The number of amides is 1. The van der Waals surface area contributed by atoms with Gasteiger partial charge in [-0.05, 0) is 5.92 Å². The van der Waals surface area contributed by atoms with Gasteiger partial charge in [-0.3, -0.25) is 13.5 Å². The van der Waals surface area contributed by atoms with Crippen molar-refractivity contribution in [3.63, 3.8) is 0 Å². The van der Waals surface area contributed by atoms with E-state index in [1.165, 1.54) is 23.4 Å². The maximum Gasteiger partial charge on any atom is 0.362 e. The lowest BCUT2D eigenvalue weighted by Crippen LogP contribution is -2.47. The highest BCUT2D eigenvalue weighted by Gasteiger charge is 2.45. The molecule has 14 heteroatoms. The molecule has 1 amide bonds. The zero-order valence-corrected chi connectivity index (χ0v) is 16.4. The molecule has 3 heterocycles. The molecule has 0 unspecified atom stereocenters. The quantitative estimate of drug-likeness (QED) is 0.373. The maximum atomic E-state index is 12.0. The number of carbonyl (C=O) groups excluding carboxylic acids is 1. The van der Waals surface area contributed by atoms with Crippen LogP contribution in [0, 0.1) is 5.92 Å². The summed E-state index contributed by atoms with van der Waals surface area (Å²) in [4.78, 5) is 23.7. The van der Waals surface area contributed by atoms with Crippen LogP contribution < -0.4 is 10.5 Å². The molecule has 1 fully saturated rings. The van der Waals surface area contributed by atoms with Crippen molar-refractivity contribution >= 4 is 27.4 Å². The topological polar surface area (TPSA) is 192 Å². The van der Waals surface area contributed by atoms with Crippen LogP contribution in [0.4, 0.5) is 0 Å². The molecule has 5 N–H and O–H groups in total. The number of rotatable bonds is 7. The summed E-state index contributed by atoms with van der Waals surface area (Å²) in [5.74, 6) is -1.20. The average molecular weight is 430 g/mol. The first-order valence-electron chi connectivity index (χ1n) is 8.71. The summed E-state index contributed by atoms with van der Waals surface area (Å²) in [6.45, 7) is 2.68. The summed E-state index contributed by atoms with van der Waals surface area (Å²) in [6, 6.07) is -1.04. The summed E-state index contributed by atoms with van der Waals surface area (Å²) in [6.07, 6.45) is -0.989. The van der Waals surface area contributed by atoms with E-state index in [2.05, 4.69) is 15.0 Å². The molecule has 1 saturated heterocycles. The Morgan fingerprint density at radius 2 is 2.10 bits per heavy atom. The molecule has 0 radical (unpaired) electrons. The van der Waals surface area contributed by atoms with Crippen molar-refractivity contribution in [2.45, 2.75) is 44.4 Å². The zero-order valence-electron chi connectivity index (χ0n) is 15.6. The number of hydrogen-bond donors (Lipinski definition) is 4. The molecule has 29 heavy (non-hydrogen) atoms. The normalized spacial score (nSPS) is 26.1. The van der Waals surface area contributed by atoms with Crippen LogP contribution >= 0.6 is 0 Å². The molecule has 0 saturated carbocycles. The van der Waals surface area contributed by atoms with Crippen LogP contribution in [0.25, 0.3) is 11.2 Å². The van der Waals surface area contributed by atoms with Crippen molar-refractivity contribution in [3.8, 4) is 0 Å². The molecule has 2 aromatic rings. The van der Waals surface area contributed by atoms with E-state index in [0.29, 0.717) is 11.2 Å². The highest BCUT2D eigenvalue weighted by atomic mass is 32.2. The fourth-order valence-corrected chi connectivity index (χ4v) is 3.51. The minimum absolute atomic E-state index is 0.282. The highest BCUT2D eigenvalue weighted by Crippen LogP contribution is 2.31. The first-order chi connectivity index (χ1) is 13.6. The smallest absolute Gasteiger partial charge is 0.362 e. The molecular weight excluding hydrogens is 408 g/mol. The number of imidazole rings is 1. The summed E-state index contributed by atoms with van der Waals surface area (Å²) in [7, 11) is -4.49. The van der Waals surface area contributed by atoms with Gasteiger partial charge in [0.15, 0.2) is 11.9 Å². The van der Waals surface area contributed by atoms with E-state index in [9.17, 15) is 23.4 Å². The first-order valence-corrected chi connectivity index (χ1v) is 10.1. The van der Waals surface area contributed by atoms with E-state index < -0.39 is 53.4 Å². The molecule has 0 spiro atoms. The van der Waals surface area contributed by atoms with Crippen molar-refractivity contribution in [1.29, 1.82) is 0 Å². The first kappa shape index (κ1) is 21.5. The van der Waals surface area contributed by atoms with Crippen LogP contribution in [0.3, 0.4) is 0 Å². The number of ether oxygens (including phenoxy) is 1. The lowest BCUT2D eigenvalue weighted by Gasteiger charge is -2.17. The molecule has 0 bridgehead atoms. The second-order valence-corrected chi connectivity index (χ2v) is 8.25. The third kappa shape index (κ3) is 4.52. The van der Waals surface area contributed by atoms with Gasteiger partial charge in [0.1, 0.15) is 30.2 Å². The van der Waals surface area contributed by atoms with E-state index in [-0.39, 0.29) is 5.92 Å². The fourth-order valence-electron chi connectivity index (χ4n) is 2.76. The van der Waals surface area contributed by atoms with Crippen LogP contribution in [0.1, 0.15) is 20.1 Å². The summed E-state index contributed by atoms with van der Waals surface area (Å²) in [5.41, 5.74) is 6.40. The predicted molar refractivity (Wildman–Crippen MR) is 97.1 cm³/mol. The van der Waals surface area contributed by atoms with Crippen molar-refractivity contribution < 1.29 is 32.3 Å². The molecule has 1 aliphatic rings. The van der Waals surface area contributed by atoms with Gasteiger partial charge in [0.25, 0.3) is 5.91 Å². The van der Waals surface area contributed by atoms with Gasteiger partial charge in [0, 0.05) is 0 Å². The molecule has 2 aromatic heterocycles. The summed E-state index contributed by atoms with van der Waals surface area (Å²) < 4.78 is 37.3. The van der Waals surface area contributed by atoms with E-state index in [4.69, 9.17) is 14.7 Å². The number of aromatic nitrogens is 4. The van der Waals surface area contributed by atoms with Gasteiger partial charge < -0.3 is 20.7 Å². The number of aliphatic hydroxyl groups excluding tert-OH is 2. The molecule has 1 aliphatic heterocycles. The Morgan fingerprint density at radius 1 is 1.38 bits per heavy atom. The van der Waals surface area contributed by atoms with E-state index >= 15 is 0 Å². The van der Waals surface area contributed by atoms with Gasteiger partial charge in [-0.25, -0.2) is 19.7 Å². The maximum absolute atomic E-state index is 12.0. The van der Waals surface area contributed by atoms with Crippen molar-refractivity contribution in [2.24, 2.45) is 11.7 Å². The molecule has 0 aliphatic carbocycles. The predicted octanol–water partition coefficient (Wildman–Crippen LogP) is -2.19. The number of nitrogens with zero attached hydrogens (tertiary/aromatic N) is 4. The SMILES string of the molecule is CC(C)[C@@H](N)C(=O)NS(=O)(=O)OC[C@H]1O[C@@H](n2cnc3ncncc32)[C@H](O)[C@@H]1O. The van der Waals surface area contributed by atoms with Crippen LogP contribution in [-0.2, 0) is 24.0 Å². The van der Waals surface area contributed by atoms with Gasteiger partial charge in [-0.1, -0.05) is 13.8 Å². The Bertz CT molecular complexity index is 980. The summed E-state index contributed by atoms with van der Waals surface area (Å²) >= 11 is 0. The number of aliphatic hydroxyl groups is 2. The van der Waals surface area contributed by atoms with Crippen molar-refractivity contribution in [1.82, 2.24) is 24.2 Å². The second-order valence-electron chi connectivity index (χ2n) is 6.90. The van der Waals surface area contributed by atoms with Crippen LogP contribution in [0.2, 0.25) is 0 Å². The largest absolute Gasteiger partial charge is 0.387 e. The minimum Gasteiger partial charge on any atom is -0.387 e. The second kappa shape index (κ2) is 8.25. The monoisotopic (exact) mass is 430 g/mol. The number of hydrogen-bond acceptors (Lipinski definition) is 11. The van der Waals surface area contributed by atoms with Crippen molar-refractivity contribution in [3.05, 3.63) is 18.9 Å². The van der Waals surface area contributed by atoms with E-state index in [1.807, 2.05) is 0 Å². The van der Waals surface area contributed by atoms with Gasteiger partial charge in [0.2, 0.25) is 0 Å². The molecule has 13 nitrogen and oxygen atoms in total. The Kier molecular flexibility index (Phi) is 6.11. The third-order valence-corrected chi connectivity index (χ3v) is 5.40. The molecular formula is C15H22N6O7S. The molecule has 0 aromatic carbocycles. The molecule has 160 valence electrons. The number of nitrogens with two attached hydrogens (primary N) is 1. The third-order valence-electron chi connectivity index (χ3n) is 4.50. The van der Waals surface area contributed by atoms with Crippen LogP contribution in [-0.4, -0.2) is 75.0 Å². The zero-order chi connectivity index (χ0) is 21.3. The number of carbonyl (C=O) groups is 1. The Labute approximate surface area is 166 Å². The number of fused-ring (bicyclic) bond motifs is 1. The van der Waals surface area contributed by atoms with Crippen molar-refractivity contribution in [2.75, 3.05) is 6.61 Å². The summed E-state index contributed by atoms with van der Waals surface area (Å²) in [5, 5.41) is 20.5. The van der Waals surface area contributed by atoms with E-state index in [0.717, 1.165) is 0 Å². The van der Waals surface area contributed by atoms with Crippen LogP contribution in [0.5, 0.6) is 0 Å². The van der Waals surface area contributed by atoms with Gasteiger partial charge >= 0.3 is 10.3 Å². The number of nitrogens with one attached hydrogen (secondary N) is 1. The lowest BCUT2D eigenvalue weighted by molar-refractivity contribution is -0.121. The Morgan fingerprint density at radius 3 is 2.79 bits per heavy atom. The average Bonchev–Trinajstić information content (AvgIpc) is 3.21. The lowest BCUT2D eigenvalue weighted by atomic mass is 10.1. The van der Waals surface area contributed by atoms with E-state index in [1.54, 1.807) is 18.6 Å².